The number of hydrogen-bond acceptors (Lipinski definition) is 5. The molecule has 1 heterocycles. The van der Waals surface area contributed by atoms with Crippen LogP contribution in [0.5, 0.6) is 11.5 Å². The minimum absolute atomic E-state index is 0.115. The fourth-order valence-corrected chi connectivity index (χ4v) is 3.97. The predicted molar refractivity (Wildman–Crippen MR) is 133 cm³/mol. The molecule has 180 valence electrons. The molecule has 1 unspecified atom stereocenters. The van der Waals surface area contributed by atoms with E-state index in [1.165, 1.54) is 12.0 Å². The molecular weight excluding hydrogens is 470 g/mol. The van der Waals surface area contributed by atoms with Crippen LogP contribution in [0.2, 0.25) is 5.02 Å². The van der Waals surface area contributed by atoms with Crippen LogP contribution in [0, 0.1) is 0 Å². The minimum Gasteiger partial charge on any atom is -0.497 e. The first-order chi connectivity index (χ1) is 16.9. The molecule has 0 aromatic heterocycles. The molecule has 3 aromatic carbocycles. The Hall–Kier alpha value is -4.04. The molecule has 0 saturated carbocycles. The Bertz CT molecular complexity index is 1210. The van der Waals surface area contributed by atoms with Crippen molar-refractivity contribution in [2.24, 2.45) is 0 Å². The second-order valence-corrected chi connectivity index (χ2v) is 8.33. The van der Waals surface area contributed by atoms with E-state index in [9.17, 15) is 14.4 Å². The van der Waals surface area contributed by atoms with Crippen LogP contribution in [0.15, 0.2) is 72.8 Å². The lowest BCUT2D eigenvalue weighted by Gasteiger charge is -2.28. The zero-order valence-electron chi connectivity index (χ0n) is 19.2. The molecule has 0 radical (unpaired) electrons. The summed E-state index contributed by atoms with van der Waals surface area (Å²) >= 11 is 5.95. The maximum atomic E-state index is 13.4. The Kier molecular flexibility index (Phi) is 7.22. The van der Waals surface area contributed by atoms with Gasteiger partial charge in [-0.25, -0.2) is 9.69 Å². The molecule has 1 aliphatic heterocycles. The number of amides is 4. The molecule has 35 heavy (non-hydrogen) atoms. The standard InChI is InChI=1S/C26H24ClN3O5/c1-34-21-11-3-17(4-12-21)16-29(26(33)28-19-7-5-18(27)6-8-19)23-15-24(31)30(25(23)32)20-9-13-22(35-2)14-10-20/h3-14,23H,15-16H2,1-2H3,(H,28,33). The summed E-state index contributed by atoms with van der Waals surface area (Å²) in [4.78, 5) is 42.1. The van der Waals surface area contributed by atoms with E-state index >= 15 is 0 Å². The lowest BCUT2D eigenvalue weighted by atomic mass is 10.1. The number of imide groups is 1. The van der Waals surface area contributed by atoms with E-state index in [-0.39, 0.29) is 18.9 Å². The van der Waals surface area contributed by atoms with Gasteiger partial charge in [0.1, 0.15) is 17.5 Å². The molecule has 8 nitrogen and oxygen atoms in total. The molecule has 1 fully saturated rings. The van der Waals surface area contributed by atoms with Crippen LogP contribution in [-0.4, -0.2) is 43.0 Å². The highest BCUT2D eigenvalue weighted by atomic mass is 35.5. The molecule has 4 amide bonds. The lowest BCUT2D eigenvalue weighted by molar-refractivity contribution is -0.122. The van der Waals surface area contributed by atoms with Crippen molar-refractivity contribution in [1.29, 1.82) is 0 Å². The van der Waals surface area contributed by atoms with Gasteiger partial charge in [0, 0.05) is 17.3 Å². The summed E-state index contributed by atoms with van der Waals surface area (Å²) in [5.41, 5.74) is 1.72. The molecule has 4 rings (SSSR count). The molecule has 1 N–H and O–H groups in total. The molecular formula is C26H24ClN3O5. The SMILES string of the molecule is COc1ccc(CN(C(=O)Nc2ccc(Cl)cc2)C2CC(=O)N(c3ccc(OC)cc3)C2=O)cc1. The van der Waals surface area contributed by atoms with Gasteiger partial charge in [0.05, 0.1) is 26.3 Å². The van der Waals surface area contributed by atoms with Gasteiger partial charge in [-0.1, -0.05) is 23.7 Å². The normalized spacial score (nSPS) is 15.2. The number of benzene rings is 3. The zero-order chi connectivity index (χ0) is 24.9. The van der Waals surface area contributed by atoms with Gasteiger partial charge in [0.25, 0.3) is 5.91 Å². The number of hydrogen-bond donors (Lipinski definition) is 1. The first-order valence-corrected chi connectivity index (χ1v) is 11.2. The summed E-state index contributed by atoms with van der Waals surface area (Å²) in [5, 5.41) is 3.33. The zero-order valence-corrected chi connectivity index (χ0v) is 20.0. The molecule has 0 bridgehead atoms. The van der Waals surface area contributed by atoms with Gasteiger partial charge in [-0.05, 0) is 66.2 Å². The molecule has 0 aliphatic carbocycles. The number of methoxy groups -OCH3 is 2. The number of halogens is 1. The van der Waals surface area contributed by atoms with Crippen LogP contribution in [-0.2, 0) is 16.1 Å². The Morgan fingerprint density at radius 2 is 1.51 bits per heavy atom. The third-order valence-corrected chi connectivity index (χ3v) is 5.95. The Balaban J connectivity index is 1.61. The van der Waals surface area contributed by atoms with Gasteiger partial charge >= 0.3 is 6.03 Å². The van der Waals surface area contributed by atoms with Crippen molar-refractivity contribution in [2.75, 3.05) is 24.4 Å². The fourth-order valence-electron chi connectivity index (χ4n) is 3.84. The van der Waals surface area contributed by atoms with Crippen LogP contribution in [0.4, 0.5) is 16.2 Å². The highest BCUT2D eigenvalue weighted by molar-refractivity contribution is 6.30. The topological polar surface area (TPSA) is 88.2 Å². The second-order valence-electron chi connectivity index (χ2n) is 7.90. The summed E-state index contributed by atoms with van der Waals surface area (Å²) < 4.78 is 10.4. The number of anilines is 2. The van der Waals surface area contributed by atoms with Gasteiger partial charge in [-0.15, -0.1) is 0 Å². The summed E-state index contributed by atoms with van der Waals surface area (Å²) in [6, 6.07) is 18.9. The van der Waals surface area contributed by atoms with Crippen LogP contribution in [0.25, 0.3) is 0 Å². The summed E-state index contributed by atoms with van der Waals surface area (Å²) in [6.07, 6.45) is -0.130. The maximum Gasteiger partial charge on any atom is 0.322 e. The van der Waals surface area contributed by atoms with Gasteiger partial charge in [-0.2, -0.15) is 0 Å². The molecule has 1 saturated heterocycles. The van der Waals surface area contributed by atoms with Crippen molar-refractivity contribution in [3.8, 4) is 11.5 Å². The summed E-state index contributed by atoms with van der Waals surface area (Å²) in [7, 11) is 3.10. The van der Waals surface area contributed by atoms with Crippen molar-refractivity contribution in [2.45, 2.75) is 19.0 Å². The second kappa shape index (κ2) is 10.5. The molecule has 9 heteroatoms. The summed E-state index contributed by atoms with van der Waals surface area (Å²) in [5.74, 6) is 0.417. The number of carbonyl (C=O) groups excluding carboxylic acids is 3. The first kappa shape index (κ1) is 24.1. The Morgan fingerprint density at radius 3 is 2.09 bits per heavy atom. The number of nitrogens with one attached hydrogen (secondary N) is 1. The maximum absolute atomic E-state index is 13.4. The predicted octanol–water partition coefficient (Wildman–Crippen LogP) is 4.72. The fraction of sp³-hybridized carbons (Fsp3) is 0.192. The third-order valence-electron chi connectivity index (χ3n) is 5.70. The van der Waals surface area contributed by atoms with E-state index < -0.39 is 18.0 Å². The highest BCUT2D eigenvalue weighted by Crippen LogP contribution is 2.29. The number of urea groups is 1. The van der Waals surface area contributed by atoms with E-state index in [1.54, 1.807) is 67.8 Å². The van der Waals surface area contributed by atoms with Crippen molar-refractivity contribution < 1.29 is 23.9 Å². The van der Waals surface area contributed by atoms with Crippen molar-refractivity contribution in [3.05, 3.63) is 83.4 Å². The third kappa shape index (κ3) is 5.38. The average molecular weight is 494 g/mol. The van der Waals surface area contributed by atoms with Crippen molar-refractivity contribution in [1.82, 2.24) is 4.90 Å². The van der Waals surface area contributed by atoms with Crippen LogP contribution < -0.4 is 19.7 Å². The number of rotatable bonds is 7. The molecule has 1 aliphatic rings. The van der Waals surface area contributed by atoms with Crippen LogP contribution >= 0.6 is 11.6 Å². The summed E-state index contributed by atoms with van der Waals surface area (Å²) in [6.45, 7) is 0.115. The average Bonchev–Trinajstić information content (AvgIpc) is 3.17. The van der Waals surface area contributed by atoms with Gasteiger partial charge in [-0.3, -0.25) is 9.59 Å². The largest absolute Gasteiger partial charge is 0.497 e. The molecule has 1 atom stereocenters. The van der Waals surface area contributed by atoms with Gasteiger partial charge in [0.2, 0.25) is 5.91 Å². The lowest BCUT2D eigenvalue weighted by Crippen LogP contribution is -2.46. The monoisotopic (exact) mass is 493 g/mol. The smallest absolute Gasteiger partial charge is 0.322 e. The van der Waals surface area contributed by atoms with Gasteiger partial charge in [0.15, 0.2) is 0 Å². The quantitative estimate of drug-likeness (QED) is 0.481. The van der Waals surface area contributed by atoms with Crippen molar-refractivity contribution in [3.63, 3.8) is 0 Å². The van der Waals surface area contributed by atoms with E-state index in [0.29, 0.717) is 27.9 Å². The Morgan fingerprint density at radius 1 is 0.943 bits per heavy atom. The highest BCUT2D eigenvalue weighted by Gasteiger charge is 2.44. The molecule has 3 aromatic rings. The van der Waals surface area contributed by atoms with Crippen LogP contribution in [0.3, 0.4) is 0 Å². The van der Waals surface area contributed by atoms with E-state index in [2.05, 4.69) is 5.32 Å². The number of nitrogens with zero attached hydrogens (tertiary/aromatic N) is 2. The Labute approximate surface area is 208 Å². The van der Waals surface area contributed by atoms with Gasteiger partial charge < -0.3 is 19.7 Å². The van der Waals surface area contributed by atoms with Crippen molar-refractivity contribution >= 4 is 40.8 Å². The van der Waals surface area contributed by atoms with E-state index in [0.717, 1.165) is 10.5 Å². The van der Waals surface area contributed by atoms with E-state index in [4.69, 9.17) is 21.1 Å². The van der Waals surface area contributed by atoms with E-state index in [1.807, 2.05) is 12.1 Å². The number of ether oxygens (including phenoxy) is 2. The minimum atomic E-state index is -0.973. The first-order valence-electron chi connectivity index (χ1n) is 10.9. The van der Waals surface area contributed by atoms with Crippen LogP contribution in [0.1, 0.15) is 12.0 Å². The number of carbonyl (C=O) groups is 3. The molecule has 0 spiro atoms.